The van der Waals surface area contributed by atoms with Crippen molar-refractivity contribution in [3.63, 3.8) is 0 Å². The number of carbonyl (C=O) groups is 1. The van der Waals surface area contributed by atoms with Gasteiger partial charge < -0.3 is 11.1 Å². The van der Waals surface area contributed by atoms with Crippen molar-refractivity contribution in [3.05, 3.63) is 29.6 Å². The number of pyridine rings is 1. The van der Waals surface area contributed by atoms with Crippen molar-refractivity contribution in [1.29, 1.82) is 0 Å². The van der Waals surface area contributed by atoms with Gasteiger partial charge in [-0.25, -0.2) is 0 Å². The number of hydrogen-bond donors (Lipinski definition) is 2. The Hall–Kier alpha value is -0.840. The predicted octanol–water partition coefficient (Wildman–Crippen LogP) is 2.51. The van der Waals surface area contributed by atoms with Crippen LogP contribution in [0.3, 0.4) is 0 Å². The van der Waals surface area contributed by atoms with Gasteiger partial charge in [-0.05, 0) is 31.4 Å². The minimum atomic E-state index is -0.666. The van der Waals surface area contributed by atoms with E-state index in [0.717, 1.165) is 36.9 Å². The highest BCUT2D eigenvalue weighted by Crippen LogP contribution is 2.26. The van der Waals surface area contributed by atoms with E-state index in [-0.39, 0.29) is 30.7 Å². The Morgan fingerprint density at radius 2 is 2.00 bits per heavy atom. The zero-order valence-electron chi connectivity index (χ0n) is 11.7. The summed E-state index contributed by atoms with van der Waals surface area (Å²) in [5.41, 5.74) is 7.50. The second-order valence-corrected chi connectivity index (χ2v) is 5.17. The molecule has 114 valence electrons. The van der Waals surface area contributed by atoms with E-state index in [1.54, 1.807) is 6.20 Å². The molecule has 0 saturated heterocycles. The normalized spacial score (nSPS) is 16.5. The lowest BCUT2D eigenvalue weighted by Gasteiger charge is -2.31. The van der Waals surface area contributed by atoms with Crippen LogP contribution in [0.5, 0.6) is 0 Å². The lowest BCUT2D eigenvalue weighted by Crippen LogP contribution is -2.54. The zero-order valence-corrected chi connectivity index (χ0v) is 13.4. The fourth-order valence-corrected chi connectivity index (χ4v) is 2.45. The van der Waals surface area contributed by atoms with Crippen molar-refractivity contribution in [2.75, 3.05) is 0 Å². The van der Waals surface area contributed by atoms with Crippen LogP contribution < -0.4 is 11.1 Å². The van der Waals surface area contributed by atoms with Crippen LogP contribution in [0.25, 0.3) is 0 Å². The van der Waals surface area contributed by atoms with Gasteiger partial charge in [-0.2, -0.15) is 0 Å². The summed E-state index contributed by atoms with van der Waals surface area (Å²) in [5, 5.41) is 2.92. The highest BCUT2D eigenvalue weighted by Gasteiger charge is 2.34. The van der Waals surface area contributed by atoms with Gasteiger partial charge in [0.2, 0.25) is 5.91 Å². The Kier molecular flexibility index (Phi) is 8.09. The van der Waals surface area contributed by atoms with Gasteiger partial charge in [-0.3, -0.25) is 9.78 Å². The van der Waals surface area contributed by atoms with E-state index in [1.165, 1.54) is 6.42 Å². The number of amides is 1. The smallest absolute Gasteiger partial charge is 0.240 e. The average Bonchev–Trinajstić information content (AvgIpc) is 2.38. The molecule has 1 aromatic rings. The van der Waals surface area contributed by atoms with E-state index in [4.69, 9.17) is 5.73 Å². The van der Waals surface area contributed by atoms with Crippen LogP contribution >= 0.6 is 24.8 Å². The van der Waals surface area contributed by atoms with Gasteiger partial charge >= 0.3 is 0 Å². The van der Waals surface area contributed by atoms with E-state index in [1.807, 2.05) is 19.1 Å². The zero-order chi connectivity index (χ0) is 13.0. The Bertz CT molecular complexity index is 434. The maximum Gasteiger partial charge on any atom is 0.240 e. The molecule has 20 heavy (non-hydrogen) atoms. The first-order valence-electron chi connectivity index (χ1n) is 6.59. The van der Waals surface area contributed by atoms with Crippen molar-refractivity contribution in [3.8, 4) is 0 Å². The minimum absolute atomic E-state index is 0. The highest BCUT2D eigenvalue weighted by molar-refractivity contribution is 5.86. The number of nitrogens with two attached hydrogens (primary N) is 1. The Morgan fingerprint density at radius 3 is 2.60 bits per heavy atom. The summed E-state index contributed by atoms with van der Waals surface area (Å²) in [7, 11) is 0. The van der Waals surface area contributed by atoms with Gasteiger partial charge in [0.15, 0.2) is 0 Å². The molecule has 1 aliphatic carbocycles. The largest absolute Gasteiger partial charge is 0.349 e. The molecule has 1 aromatic heterocycles. The first-order valence-corrected chi connectivity index (χ1v) is 6.59. The third kappa shape index (κ3) is 4.62. The van der Waals surface area contributed by atoms with Gasteiger partial charge in [-0.15, -0.1) is 24.8 Å². The summed E-state index contributed by atoms with van der Waals surface area (Å²) >= 11 is 0. The summed E-state index contributed by atoms with van der Waals surface area (Å²) in [4.78, 5) is 16.4. The molecule has 2 rings (SSSR count). The van der Waals surface area contributed by atoms with Crippen LogP contribution in [0.1, 0.15) is 43.4 Å². The SMILES string of the molecule is Cc1cccnc1CNC(=O)C1(N)CCCCC1.Cl.Cl. The minimum Gasteiger partial charge on any atom is -0.349 e. The lowest BCUT2D eigenvalue weighted by molar-refractivity contribution is -0.127. The fraction of sp³-hybridized carbons (Fsp3) is 0.571. The van der Waals surface area contributed by atoms with Gasteiger partial charge in [0.05, 0.1) is 17.8 Å². The Balaban J connectivity index is 0.00000180. The number of hydrogen-bond acceptors (Lipinski definition) is 3. The molecular formula is C14H23Cl2N3O. The quantitative estimate of drug-likeness (QED) is 0.899. The van der Waals surface area contributed by atoms with Crippen molar-refractivity contribution in [2.24, 2.45) is 5.73 Å². The number of halogens is 2. The monoisotopic (exact) mass is 319 g/mol. The van der Waals surface area contributed by atoms with Crippen LogP contribution in [-0.2, 0) is 11.3 Å². The summed E-state index contributed by atoms with van der Waals surface area (Å²) in [6.45, 7) is 2.46. The lowest BCUT2D eigenvalue weighted by atomic mass is 9.82. The Morgan fingerprint density at radius 1 is 1.35 bits per heavy atom. The van der Waals surface area contributed by atoms with Crippen molar-refractivity contribution < 1.29 is 4.79 Å². The van der Waals surface area contributed by atoms with Gasteiger partial charge in [0.1, 0.15) is 0 Å². The van der Waals surface area contributed by atoms with E-state index in [9.17, 15) is 4.79 Å². The average molecular weight is 320 g/mol. The predicted molar refractivity (Wildman–Crippen MR) is 85.3 cm³/mol. The molecule has 0 aliphatic heterocycles. The molecule has 0 aromatic carbocycles. The van der Waals surface area contributed by atoms with Crippen LogP contribution in [0.2, 0.25) is 0 Å². The van der Waals surface area contributed by atoms with Gasteiger partial charge in [-0.1, -0.05) is 25.3 Å². The maximum absolute atomic E-state index is 12.1. The van der Waals surface area contributed by atoms with E-state index in [0.29, 0.717) is 6.54 Å². The number of carbonyl (C=O) groups excluding carboxylic acids is 1. The molecule has 1 amide bonds. The van der Waals surface area contributed by atoms with Crippen LogP contribution in [-0.4, -0.2) is 16.4 Å². The maximum atomic E-state index is 12.1. The number of rotatable bonds is 3. The first-order chi connectivity index (χ1) is 8.62. The Labute approximate surface area is 132 Å². The van der Waals surface area contributed by atoms with Crippen LogP contribution in [0.15, 0.2) is 18.3 Å². The molecule has 0 spiro atoms. The molecule has 4 nitrogen and oxygen atoms in total. The fourth-order valence-electron chi connectivity index (χ4n) is 2.45. The molecule has 1 aliphatic rings. The van der Waals surface area contributed by atoms with Crippen molar-refractivity contribution >= 4 is 30.7 Å². The number of nitrogens with zero attached hydrogens (tertiary/aromatic N) is 1. The standard InChI is InChI=1S/C14H21N3O.2ClH/c1-11-6-5-9-16-12(11)10-17-13(18)14(15)7-3-2-4-8-14;;/h5-6,9H,2-4,7-8,10,15H2,1H3,(H,17,18);2*1H. The molecule has 0 atom stereocenters. The van der Waals surface area contributed by atoms with Crippen molar-refractivity contribution in [1.82, 2.24) is 10.3 Å². The van der Waals surface area contributed by atoms with Crippen LogP contribution in [0, 0.1) is 6.92 Å². The summed E-state index contributed by atoms with van der Waals surface area (Å²) in [6.07, 6.45) is 6.61. The first kappa shape index (κ1) is 19.2. The topological polar surface area (TPSA) is 68.0 Å². The van der Waals surface area contributed by atoms with E-state index >= 15 is 0 Å². The molecular weight excluding hydrogens is 297 g/mol. The second-order valence-electron chi connectivity index (χ2n) is 5.17. The van der Waals surface area contributed by atoms with Gasteiger partial charge in [0, 0.05) is 6.20 Å². The molecule has 3 N–H and O–H groups in total. The van der Waals surface area contributed by atoms with Crippen LogP contribution in [0.4, 0.5) is 0 Å². The van der Waals surface area contributed by atoms with Gasteiger partial charge in [0.25, 0.3) is 0 Å². The summed E-state index contributed by atoms with van der Waals surface area (Å²) < 4.78 is 0. The molecule has 6 heteroatoms. The highest BCUT2D eigenvalue weighted by atomic mass is 35.5. The number of nitrogens with one attached hydrogen (secondary N) is 1. The molecule has 0 radical (unpaired) electrons. The number of aryl methyl sites for hydroxylation is 1. The molecule has 0 bridgehead atoms. The second kappa shape index (κ2) is 8.45. The van der Waals surface area contributed by atoms with Crippen molar-refractivity contribution in [2.45, 2.75) is 51.1 Å². The summed E-state index contributed by atoms with van der Waals surface area (Å²) in [5.74, 6) is -0.0350. The van der Waals surface area contributed by atoms with E-state index < -0.39 is 5.54 Å². The summed E-state index contributed by atoms with van der Waals surface area (Å²) in [6, 6.07) is 3.89. The molecule has 1 heterocycles. The molecule has 0 unspecified atom stereocenters. The molecule has 1 fully saturated rings. The number of aromatic nitrogens is 1. The molecule has 1 saturated carbocycles. The third-order valence-electron chi connectivity index (χ3n) is 3.73. The third-order valence-corrected chi connectivity index (χ3v) is 3.73. The van der Waals surface area contributed by atoms with E-state index in [2.05, 4.69) is 10.3 Å².